The van der Waals surface area contributed by atoms with E-state index < -0.39 is 0 Å². The van der Waals surface area contributed by atoms with Gasteiger partial charge in [0.25, 0.3) is 0 Å². The highest BCUT2D eigenvalue weighted by atomic mass is 16.5. The summed E-state index contributed by atoms with van der Waals surface area (Å²) in [6.45, 7) is 0.871. The smallest absolute Gasteiger partial charge is 0.133 e. The summed E-state index contributed by atoms with van der Waals surface area (Å²) in [5, 5.41) is 1.18. The van der Waals surface area contributed by atoms with E-state index in [9.17, 15) is 0 Å². The van der Waals surface area contributed by atoms with Gasteiger partial charge < -0.3 is 9.15 Å². The second-order valence-electron chi connectivity index (χ2n) is 3.69. The molecule has 1 aromatic heterocycles. The zero-order valence-corrected chi connectivity index (χ0v) is 7.45. The summed E-state index contributed by atoms with van der Waals surface area (Å²) in [5.41, 5.74) is 0.994. The molecule has 0 bridgehead atoms. The molecule has 0 saturated carbocycles. The highest BCUT2D eigenvalue weighted by Gasteiger charge is 2.23. The second kappa shape index (κ2) is 2.66. The largest absolute Gasteiger partial charge is 0.497 e. The Balaban J connectivity index is 2.26. The molecule has 3 rings (SSSR count). The summed E-state index contributed by atoms with van der Waals surface area (Å²) in [6.07, 6.45) is 7.45. The minimum Gasteiger partial charge on any atom is -0.497 e. The molecule has 1 atom stereocenters. The number of rotatable bonds is 0. The van der Waals surface area contributed by atoms with Crippen LogP contribution in [0.25, 0.3) is 11.8 Å². The van der Waals surface area contributed by atoms with Gasteiger partial charge in [-0.15, -0.1) is 0 Å². The van der Waals surface area contributed by atoms with Gasteiger partial charge in [-0.2, -0.15) is 0 Å². The van der Waals surface area contributed by atoms with Crippen LogP contribution in [0.1, 0.15) is 19.3 Å². The van der Waals surface area contributed by atoms with Gasteiger partial charge in [0, 0.05) is 5.92 Å². The molecule has 2 heterocycles. The van der Waals surface area contributed by atoms with E-state index in [4.69, 9.17) is 9.15 Å². The van der Waals surface area contributed by atoms with E-state index in [0.29, 0.717) is 5.92 Å². The van der Waals surface area contributed by atoms with Crippen LogP contribution < -0.4 is 10.6 Å². The van der Waals surface area contributed by atoms with Gasteiger partial charge >= 0.3 is 0 Å². The van der Waals surface area contributed by atoms with Crippen LogP contribution in [-0.4, -0.2) is 6.61 Å². The Bertz CT molecular complexity index is 427. The summed E-state index contributed by atoms with van der Waals surface area (Å²) >= 11 is 0. The molecule has 1 saturated heterocycles. The molecule has 1 aliphatic heterocycles. The summed E-state index contributed by atoms with van der Waals surface area (Å²) < 4.78 is 11.1. The maximum absolute atomic E-state index is 5.70. The van der Waals surface area contributed by atoms with Gasteiger partial charge in [-0.05, 0) is 31.4 Å². The molecular formula is C11H12O2. The van der Waals surface area contributed by atoms with Crippen molar-refractivity contribution in [3.63, 3.8) is 0 Å². The first-order valence-electron chi connectivity index (χ1n) is 4.86. The Morgan fingerprint density at radius 1 is 1.38 bits per heavy atom. The van der Waals surface area contributed by atoms with Crippen molar-refractivity contribution < 1.29 is 9.15 Å². The highest BCUT2D eigenvalue weighted by Crippen LogP contribution is 2.28. The molecule has 68 valence electrons. The van der Waals surface area contributed by atoms with Crippen LogP contribution in [0, 0.1) is 5.92 Å². The molecule has 0 spiro atoms. The number of ether oxygens (including phenoxy) is 1. The van der Waals surface area contributed by atoms with Crippen molar-refractivity contribution in [2.24, 2.45) is 5.92 Å². The van der Waals surface area contributed by atoms with Gasteiger partial charge in [-0.1, -0.05) is 0 Å². The first-order chi connectivity index (χ1) is 6.45. The maximum Gasteiger partial charge on any atom is 0.133 e. The quantitative estimate of drug-likeness (QED) is 0.588. The highest BCUT2D eigenvalue weighted by molar-refractivity contribution is 5.47. The fraction of sp³-hybridized carbons (Fsp3) is 0.455. The molecule has 0 N–H and O–H groups in total. The van der Waals surface area contributed by atoms with Gasteiger partial charge in [0.2, 0.25) is 0 Å². The molecule has 2 heteroatoms. The molecule has 13 heavy (non-hydrogen) atoms. The summed E-state index contributed by atoms with van der Waals surface area (Å²) in [6, 6.07) is 2.01. The molecule has 0 amide bonds. The molecular weight excluding hydrogens is 164 g/mol. The Morgan fingerprint density at radius 2 is 2.38 bits per heavy atom. The van der Waals surface area contributed by atoms with Crippen LogP contribution in [0.15, 0.2) is 16.7 Å². The third-order valence-electron chi connectivity index (χ3n) is 2.87. The topological polar surface area (TPSA) is 22.4 Å². The Hall–Kier alpha value is -1.18. The fourth-order valence-corrected chi connectivity index (χ4v) is 2.22. The number of fused-ring (bicyclic) bond motifs is 2. The summed E-state index contributed by atoms with van der Waals surface area (Å²) in [5.74, 6) is 1.77. The third kappa shape index (κ3) is 1.01. The molecule has 1 unspecified atom stereocenters. The number of hydrogen-bond acceptors (Lipinski definition) is 2. The summed E-state index contributed by atoms with van der Waals surface area (Å²) in [7, 11) is 0. The lowest BCUT2D eigenvalue weighted by molar-refractivity contribution is 0.190. The van der Waals surface area contributed by atoms with Crippen LogP contribution in [-0.2, 0) is 4.74 Å². The van der Waals surface area contributed by atoms with Crippen molar-refractivity contribution >= 4 is 11.8 Å². The predicted octanol–water partition coefficient (Wildman–Crippen LogP) is 0.999. The lowest BCUT2D eigenvalue weighted by Crippen LogP contribution is -2.32. The number of furan rings is 1. The zero-order chi connectivity index (χ0) is 8.67. The van der Waals surface area contributed by atoms with Gasteiger partial charge in [0.15, 0.2) is 0 Å². The van der Waals surface area contributed by atoms with E-state index in [2.05, 4.69) is 6.08 Å². The lowest BCUT2D eigenvalue weighted by atomic mass is 9.91. The minimum atomic E-state index is 0.610. The van der Waals surface area contributed by atoms with Crippen molar-refractivity contribution in [3.05, 3.63) is 23.0 Å². The van der Waals surface area contributed by atoms with Crippen LogP contribution in [0.2, 0.25) is 0 Å². The number of hydrogen-bond donors (Lipinski definition) is 0. The van der Waals surface area contributed by atoms with Crippen LogP contribution in [0.5, 0.6) is 0 Å². The zero-order valence-electron chi connectivity index (χ0n) is 7.45. The molecule has 0 radical (unpaired) electrons. The van der Waals surface area contributed by atoms with Crippen molar-refractivity contribution in [2.75, 3.05) is 6.61 Å². The van der Waals surface area contributed by atoms with Gasteiger partial charge in [0.05, 0.1) is 18.1 Å². The van der Waals surface area contributed by atoms with Gasteiger partial charge in [-0.3, -0.25) is 0 Å². The molecule has 1 aliphatic carbocycles. The Kier molecular flexibility index (Phi) is 1.48. The van der Waals surface area contributed by atoms with Gasteiger partial charge in [-0.25, -0.2) is 0 Å². The average Bonchev–Trinajstić information content (AvgIpc) is 2.65. The van der Waals surface area contributed by atoms with Crippen LogP contribution >= 0.6 is 0 Å². The van der Waals surface area contributed by atoms with Gasteiger partial charge in [0.1, 0.15) is 11.2 Å². The lowest BCUT2D eigenvalue weighted by Gasteiger charge is -2.26. The van der Waals surface area contributed by atoms with Crippen molar-refractivity contribution in [1.82, 2.24) is 0 Å². The first-order valence-corrected chi connectivity index (χ1v) is 4.86. The fourth-order valence-electron chi connectivity index (χ4n) is 2.22. The predicted molar refractivity (Wildman–Crippen MR) is 49.1 cm³/mol. The minimum absolute atomic E-state index is 0.610. The van der Waals surface area contributed by atoms with E-state index in [1.807, 2.05) is 6.07 Å². The van der Waals surface area contributed by atoms with E-state index in [-0.39, 0.29) is 0 Å². The molecule has 2 aliphatic rings. The molecule has 0 aromatic carbocycles. The second-order valence-corrected chi connectivity index (χ2v) is 3.69. The normalized spacial score (nSPS) is 25.5. The standard InChI is InChI=1S/C11H12O2/c1-2-8-3-4-10-9(5-7-12-10)11(8)13-6-1/h4-5,7-8H,1-3,6H2. The van der Waals surface area contributed by atoms with E-state index in [1.165, 1.54) is 18.1 Å². The van der Waals surface area contributed by atoms with E-state index in [1.54, 1.807) is 6.26 Å². The monoisotopic (exact) mass is 176 g/mol. The van der Waals surface area contributed by atoms with Crippen LogP contribution in [0.4, 0.5) is 0 Å². The molecule has 2 nitrogen and oxygen atoms in total. The van der Waals surface area contributed by atoms with E-state index in [0.717, 1.165) is 24.2 Å². The molecule has 1 aromatic rings. The first kappa shape index (κ1) is 7.25. The Morgan fingerprint density at radius 3 is 3.38 bits per heavy atom. The van der Waals surface area contributed by atoms with E-state index >= 15 is 0 Å². The average molecular weight is 176 g/mol. The molecule has 1 fully saturated rings. The SMILES string of the molecule is C1=c2occc2=C2OCCCC2C1. The van der Waals surface area contributed by atoms with Crippen molar-refractivity contribution in [3.8, 4) is 0 Å². The third-order valence-corrected chi connectivity index (χ3v) is 2.87. The van der Waals surface area contributed by atoms with Crippen LogP contribution in [0.3, 0.4) is 0 Å². The summed E-state index contributed by atoms with van der Waals surface area (Å²) in [4.78, 5) is 0. The maximum atomic E-state index is 5.70. The Labute approximate surface area is 76.5 Å². The van der Waals surface area contributed by atoms with Crippen molar-refractivity contribution in [2.45, 2.75) is 19.3 Å². The van der Waals surface area contributed by atoms with Crippen molar-refractivity contribution in [1.29, 1.82) is 0 Å².